The average Bonchev–Trinajstić information content (AvgIpc) is 2.54. The van der Waals surface area contributed by atoms with Crippen LogP contribution in [0.5, 0.6) is 0 Å². The number of likely N-dealkylation sites (N-methyl/N-ethyl adjacent to an activating group) is 1. The summed E-state index contributed by atoms with van der Waals surface area (Å²) < 4.78 is 0. The monoisotopic (exact) mass is 297 g/mol. The van der Waals surface area contributed by atoms with Crippen molar-refractivity contribution >= 4 is 11.8 Å². The Labute approximate surface area is 129 Å². The van der Waals surface area contributed by atoms with Crippen LogP contribution in [0.25, 0.3) is 11.1 Å². The standard InChI is InChI=1S/C17H19N3O2/c1-20(16(21)10-18)11-12-4-2-5-13(8-12)14-6-3-7-15(9-14)17(19)22/h2-9H,10-11,18H2,1H3,(H2,19,22). The van der Waals surface area contributed by atoms with Gasteiger partial charge in [-0.3, -0.25) is 9.59 Å². The summed E-state index contributed by atoms with van der Waals surface area (Å²) in [6, 6.07) is 15.0. The quantitative estimate of drug-likeness (QED) is 0.873. The highest BCUT2D eigenvalue weighted by Crippen LogP contribution is 2.22. The van der Waals surface area contributed by atoms with Gasteiger partial charge in [-0.2, -0.15) is 0 Å². The second kappa shape index (κ2) is 6.87. The van der Waals surface area contributed by atoms with Crippen molar-refractivity contribution in [2.24, 2.45) is 11.5 Å². The predicted octanol–water partition coefficient (Wildman–Crippen LogP) is 1.37. The van der Waals surface area contributed by atoms with E-state index in [9.17, 15) is 9.59 Å². The molecule has 2 rings (SSSR count). The van der Waals surface area contributed by atoms with E-state index in [-0.39, 0.29) is 12.5 Å². The first-order valence-corrected chi connectivity index (χ1v) is 6.94. The molecule has 22 heavy (non-hydrogen) atoms. The Balaban J connectivity index is 2.26. The summed E-state index contributed by atoms with van der Waals surface area (Å²) in [5.74, 6) is -0.563. The van der Waals surface area contributed by atoms with Crippen molar-refractivity contribution in [2.45, 2.75) is 6.54 Å². The number of carbonyl (C=O) groups is 2. The smallest absolute Gasteiger partial charge is 0.248 e. The van der Waals surface area contributed by atoms with Gasteiger partial charge < -0.3 is 16.4 Å². The molecule has 0 aromatic heterocycles. The lowest BCUT2D eigenvalue weighted by Crippen LogP contribution is -2.32. The first-order chi connectivity index (χ1) is 10.5. The van der Waals surface area contributed by atoms with Crippen LogP contribution in [0, 0.1) is 0 Å². The Morgan fingerprint density at radius 2 is 1.68 bits per heavy atom. The maximum absolute atomic E-state index is 11.5. The Kier molecular flexibility index (Phi) is 4.91. The molecule has 0 radical (unpaired) electrons. The van der Waals surface area contributed by atoms with Crippen LogP contribution < -0.4 is 11.5 Å². The van der Waals surface area contributed by atoms with E-state index in [0.717, 1.165) is 16.7 Å². The van der Waals surface area contributed by atoms with Gasteiger partial charge in [-0.05, 0) is 34.9 Å². The Hall–Kier alpha value is -2.66. The molecule has 5 nitrogen and oxygen atoms in total. The molecule has 114 valence electrons. The van der Waals surface area contributed by atoms with Crippen molar-refractivity contribution in [3.63, 3.8) is 0 Å². The molecule has 0 spiro atoms. The van der Waals surface area contributed by atoms with E-state index in [1.165, 1.54) is 0 Å². The molecule has 0 fully saturated rings. The number of hydrogen-bond donors (Lipinski definition) is 2. The Bertz CT molecular complexity index is 698. The highest BCUT2D eigenvalue weighted by atomic mass is 16.2. The van der Waals surface area contributed by atoms with Crippen molar-refractivity contribution in [3.05, 3.63) is 59.7 Å². The SMILES string of the molecule is CN(Cc1cccc(-c2cccc(C(N)=O)c2)c1)C(=O)CN. The summed E-state index contributed by atoms with van der Waals surface area (Å²) in [4.78, 5) is 24.4. The highest BCUT2D eigenvalue weighted by molar-refractivity contribution is 5.94. The first kappa shape index (κ1) is 15.7. The van der Waals surface area contributed by atoms with E-state index >= 15 is 0 Å². The molecule has 0 heterocycles. The van der Waals surface area contributed by atoms with Gasteiger partial charge in [-0.15, -0.1) is 0 Å². The average molecular weight is 297 g/mol. The van der Waals surface area contributed by atoms with Crippen molar-refractivity contribution in [2.75, 3.05) is 13.6 Å². The minimum absolute atomic E-state index is 0.00313. The topological polar surface area (TPSA) is 89.4 Å². The van der Waals surface area contributed by atoms with Gasteiger partial charge in [0.1, 0.15) is 0 Å². The fourth-order valence-corrected chi connectivity index (χ4v) is 2.22. The fraction of sp³-hybridized carbons (Fsp3) is 0.176. The molecule has 2 amide bonds. The third-order valence-electron chi connectivity index (χ3n) is 3.43. The van der Waals surface area contributed by atoms with Crippen LogP contribution in [0.1, 0.15) is 15.9 Å². The minimum Gasteiger partial charge on any atom is -0.366 e. The van der Waals surface area contributed by atoms with E-state index in [0.29, 0.717) is 12.1 Å². The van der Waals surface area contributed by atoms with E-state index in [1.807, 2.05) is 30.3 Å². The van der Waals surface area contributed by atoms with Gasteiger partial charge >= 0.3 is 0 Å². The van der Waals surface area contributed by atoms with E-state index < -0.39 is 5.91 Å². The van der Waals surface area contributed by atoms with E-state index in [1.54, 1.807) is 30.1 Å². The fourth-order valence-electron chi connectivity index (χ4n) is 2.22. The molecule has 2 aromatic carbocycles. The van der Waals surface area contributed by atoms with Gasteiger partial charge in [0.2, 0.25) is 11.8 Å². The molecule has 0 unspecified atom stereocenters. The van der Waals surface area contributed by atoms with Gasteiger partial charge in [0, 0.05) is 19.2 Å². The summed E-state index contributed by atoms with van der Waals surface area (Å²) in [5.41, 5.74) is 14.0. The third-order valence-corrected chi connectivity index (χ3v) is 3.43. The predicted molar refractivity (Wildman–Crippen MR) is 85.9 cm³/mol. The zero-order valence-corrected chi connectivity index (χ0v) is 12.5. The molecule has 0 atom stereocenters. The van der Waals surface area contributed by atoms with Crippen molar-refractivity contribution in [1.29, 1.82) is 0 Å². The normalized spacial score (nSPS) is 10.3. The summed E-state index contributed by atoms with van der Waals surface area (Å²) in [5, 5.41) is 0. The van der Waals surface area contributed by atoms with Gasteiger partial charge in [-0.25, -0.2) is 0 Å². The van der Waals surface area contributed by atoms with Crippen molar-refractivity contribution in [3.8, 4) is 11.1 Å². The number of rotatable bonds is 5. The zero-order valence-electron chi connectivity index (χ0n) is 12.5. The number of amides is 2. The number of hydrogen-bond acceptors (Lipinski definition) is 3. The molecule has 0 aliphatic rings. The minimum atomic E-state index is -0.453. The summed E-state index contributed by atoms with van der Waals surface area (Å²) in [7, 11) is 1.72. The summed E-state index contributed by atoms with van der Waals surface area (Å²) >= 11 is 0. The maximum atomic E-state index is 11.5. The van der Waals surface area contributed by atoms with Gasteiger partial charge in [0.05, 0.1) is 6.54 Å². The van der Waals surface area contributed by atoms with Crippen LogP contribution in [0.3, 0.4) is 0 Å². The first-order valence-electron chi connectivity index (χ1n) is 6.94. The molecular formula is C17H19N3O2. The number of primary amides is 1. The van der Waals surface area contributed by atoms with Gasteiger partial charge in [0.25, 0.3) is 0 Å². The molecule has 0 bridgehead atoms. The lowest BCUT2D eigenvalue weighted by Gasteiger charge is -2.16. The molecule has 4 N–H and O–H groups in total. The second-order valence-electron chi connectivity index (χ2n) is 5.10. The van der Waals surface area contributed by atoms with Crippen LogP contribution in [0.4, 0.5) is 0 Å². The molecule has 0 saturated carbocycles. The summed E-state index contributed by atoms with van der Waals surface area (Å²) in [6.45, 7) is 0.482. The third kappa shape index (κ3) is 3.71. The Morgan fingerprint density at radius 1 is 1.05 bits per heavy atom. The Morgan fingerprint density at radius 3 is 2.32 bits per heavy atom. The van der Waals surface area contributed by atoms with Crippen LogP contribution in [-0.2, 0) is 11.3 Å². The largest absolute Gasteiger partial charge is 0.366 e. The van der Waals surface area contributed by atoms with E-state index in [4.69, 9.17) is 11.5 Å². The number of benzene rings is 2. The summed E-state index contributed by atoms with van der Waals surface area (Å²) in [6.07, 6.45) is 0. The second-order valence-corrected chi connectivity index (χ2v) is 5.10. The molecule has 5 heteroatoms. The molecule has 2 aromatic rings. The van der Waals surface area contributed by atoms with E-state index in [2.05, 4.69) is 0 Å². The molecule has 0 saturated heterocycles. The molecule has 0 aliphatic heterocycles. The van der Waals surface area contributed by atoms with Crippen LogP contribution >= 0.6 is 0 Å². The molecular weight excluding hydrogens is 278 g/mol. The van der Waals surface area contributed by atoms with Gasteiger partial charge in [-0.1, -0.05) is 30.3 Å². The van der Waals surface area contributed by atoms with Crippen LogP contribution in [-0.4, -0.2) is 30.3 Å². The van der Waals surface area contributed by atoms with Crippen LogP contribution in [0.2, 0.25) is 0 Å². The number of carbonyl (C=O) groups excluding carboxylic acids is 2. The molecule has 0 aliphatic carbocycles. The van der Waals surface area contributed by atoms with Crippen molar-refractivity contribution < 1.29 is 9.59 Å². The lowest BCUT2D eigenvalue weighted by molar-refractivity contribution is -0.128. The van der Waals surface area contributed by atoms with Crippen LogP contribution in [0.15, 0.2) is 48.5 Å². The number of nitrogens with two attached hydrogens (primary N) is 2. The van der Waals surface area contributed by atoms with Crippen molar-refractivity contribution in [1.82, 2.24) is 4.90 Å². The maximum Gasteiger partial charge on any atom is 0.248 e. The van der Waals surface area contributed by atoms with Gasteiger partial charge in [0.15, 0.2) is 0 Å². The number of nitrogens with zero attached hydrogens (tertiary/aromatic N) is 1. The highest BCUT2D eigenvalue weighted by Gasteiger charge is 2.08. The zero-order chi connectivity index (χ0) is 16.1. The lowest BCUT2D eigenvalue weighted by atomic mass is 10.0.